The van der Waals surface area contributed by atoms with Crippen molar-refractivity contribution in [1.82, 2.24) is 10.2 Å². The fourth-order valence-electron chi connectivity index (χ4n) is 2.25. The van der Waals surface area contributed by atoms with Crippen molar-refractivity contribution in [2.75, 3.05) is 16.8 Å². The zero-order valence-electron chi connectivity index (χ0n) is 11.1. The van der Waals surface area contributed by atoms with Crippen LogP contribution in [-0.4, -0.2) is 28.6 Å². The lowest BCUT2D eigenvalue weighted by Gasteiger charge is -2.17. The van der Waals surface area contributed by atoms with Crippen LogP contribution in [0.2, 0.25) is 0 Å². The average molecular weight is 324 g/mol. The maximum absolute atomic E-state index is 13.8. The minimum absolute atomic E-state index is 0.0300. The van der Waals surface area contributed by atoms with E-state index in [4.69, 9.17) is 0 Å². The van der Waals surface area contributed by atoms with E-state index in [0.717, 1.165) is 22.3 Å². The Hall–Kier alpha value is -2.42. The number of carbonyl (C=O) groups is 2. The number of amides is 2. The highest BCUT2D eigenvalue weighted by atomic mass is 32.1. The first-order chi connectivity index (χ1) is 10.5. The maximum atomic E-state index is 13.8. The highest BCUT2D eigenvalue weighted by Gasteiger charge is 2.36. The Morgan fingerprint density at radius 3 is 2.91 bits per heavy atom. The highest BCUT2D eigenvalue weighted by Crippen LogP contribution is 2.28. The SMILES string of the molecule is O=C(Nc1nncs1)C1CC(=O)N(c2ccc(F)cc2F)C1. The Labute approximate surface area is 127 Å². The lowest BCUT2D eigenvalue weighted by molar-refractivity contribution is -0.122. The van der Waals surface area contributed by atoms with Crippen LogP contribution in [0.4, 0.5) is 19.6 Å². The highest BCUT2D eigenvalue weighted by molar-refractivity contribution is 7.13. The Balaban J connectivity index is 1.74. The van der Waals surface area contributed by atoms with Gasteiger partial charge in [-0.2, -0.15) is 0 Å². The van der Waals surface area contributed by atoms with Crippen molar-refractivity contribution in [3.8, 4) is 0 Å². The van der Waals surface area contributed by atoms with Crippen molar-refractivity contribution in [3.63, 3.8) is 0 Å². The van der Waals surface area contributed by atoms with E-state index in [1.165, 1.54) is 11.6 Å². The van der Waals surface area contributed by atoms with Crippen molar-refractivity contribution in [2.24, 2.45) is 5.92 Å². The molecule has 1 N–H and O–H groups in total. The summed E-state index contributed by atoms with van der Waals surface area (Å²) < 4.78 is 26.7. The molecule has 2 amide bonds. The van der Waals surface area contributed by atoms with E-state index in [9.17, 15) is 18.4 Å². The molecule has 0 radical (unpaired) electrons. The number of aromatic nitrogens is 2. The van der Waals surface area contributed by atoms with Crippen molar-refractivity contribution < 1.29 is 18.4 Å². The standard InChI is InChI=1S/C13H10F2N4O2S/c14-8-1-2-10(9(15)4-8)19-5-7(3-11(19)20)12(21)17-13-18-16-6-22-13/h1-2,4,6-7H,3,5H2,(H,17,18,21). The van der Waals surface area contributed by atoms with Gasteiger partial charge in [-0.3, -0.25) is 9.59 Å². The van der Waals surface area contributed by atoms with Crippen molar-refractivity contribution in [2.45, 2.75) is 6.42 Å². The average Bonchev–Trinajstić information content (AvgIpc) is 3.09. The predicted molar refractivity (Wildman–Crippen MR) is 75.4 cm³/mol. The summed E-state index contributed by atoms with van der Waals surface area (Å²) in [7, 11) is 0. The Morgan fingerprint density at radius 2 is 2.23 bits per heavy atom. The first-order valence-corrected chi connectivity index (χ1v) is 7.25. The van der Waals surface area contributed by atoms with Gasteiger partial charge in [0, 0.05) is 19.0 Å². The molecule has 3 rings (SSSR count). The third-order valence-electron chi connectivity index (χ3n) is 3.29. The molecule has 1 atom stereocenters. The summed E-state index contributed by atoms with van der Waals surface area (Å²) >= 11 is 1.16. The molecule has 1 saturated heterocycles. The summed E-state index contributed by atoms with van der Waals surface area (Å²) in [6.07, 6.45) is -0.0402. The molecule has 1 aliphatic rings. The van der Waals surface area contributed by atoms with Gasteiger partial charge in [-0.15, -0.1) is 10.2 Å². The minimum atomic E-state index is -0.835. The molecule has 1 aliphatic heterocycles. The van der Waals surface area contributed by atoms with E-state index in [2.05, 4.69) is 15.5 Å². The summed E-state index contributed by atoms with van der Waals surface area (Å²) in [5.41, 5.74) is 1.44. The number of rotatable bonds is 3. The fraction of sp³-hybridized carbons (Fsp3) is 0.231. The molecule has 1 aromatic heterocycles. The number of halogens is 2. The molecule has 0 spiro atoms. The van der Waals surface area contributed by atoms with E-state index in [1.54, 1.807) is 0 Å². The smallest absolute Gasteiger partial charge is 0.231 e. The maximum Gasteiger partial charge on any atom is 0.231 e. The Bertz CT molecular complexity index is 723. The van der Waals surface area contributed by atoms with Gasteiger partial charge in [0.05, 0.1) is 11.6 Å². The van der Waals surface area contributed by atoms with Gasteiger partial charge < -0.3 is 10.2 Å². The van der Waals surface area contributed by atoms with Crippen molar-refractivity contribution in [3.05, 3.63) is 35.3 Å². The second kappa shape index (κ2) is 5.76. The number of hydrogen-bond donors (Lipinski definition) is 1. The largest absolute Gasteiger partial charge is 0.309 e. The monoisotopic (exact) mass is 324 g/mol. The summed E-state index contributed by atoms with van der Waals surface area (Å²) in [5.74, 6) is -2.95. The van der Waals surface area contributed by atoms with Crippen molar-refractivity contribution >= 4 is 34.0 Å². The van der Waals surface area contributed by atoms with Crippen LogP contribution in [0.5, 0.6) is 0 Å². The third kappa shape index (κ3) is 2.80. The molecule has 1 fully saturated rings. The van der Waals surface area contributed by atoms with Gasteiger partial charge in [-0.1, -0.05) is 11.3 Å². The molecule has 1 aromatic carbocycles. The van der Waals surface area contributed by atoms with E-state index < -0.39 is 17.6 Å². The number of carbonyl (C=O) groups excluding carboxylic acids is 2. The molecule has 6 nitrogen and oxygen atoms in total. The van der Waals surface area contributed by atoms with Crippen LogP contribution in [0.3, 0.4) is 0 Å². The summed E-state index contributed by atoms with van der Waals surface area (Å²) in [6.45, 7) is 0.0338. The topological polar surface area (TPSA) is 75.2 Å². The number of nitrogens with one attached hydrogen (secondary N) is 1. The van der Waals surface area contributed by atoms with Gasteiger partial charge in [0.15, 0.2) is 0 Å². The third-order valence-corrected chi connectivity index (χ3v) is 3.89. The minimum Gasteiger partial charge on any atom is -0.309 e. The lowest BCUT2D eigenvalue weighted by atomic mass is 10.1. The molecular weight excluding hydrogens is 314 g/mol. The molecule has 114 valence electrons. The molecule has 0 aliphatic carbocycles. The summed E-state index contributed by atoms with van der Waals surface area (Å²) in [6, 6.07) is 2.96. The normalized spacial score (nSPS) is 17.8. The molecule has 2 aromatic rings. The molecule has 0 bridgehead atoms. The first-order valence-electron chi connectivity index (χ1n) is 6.37. The predicted octanol–water partition coefficient (Wildman–Crippen LogP) is 1.81. The molecule has 22 heavy (non-hydrogen) atoms. The Morgan fingerprint density at radius 1 is 1.41 bits per heavy atom. The molecule has 2 heterocycles. The van der Waals surface area contributed by atoms with Gasteiger partial charge >= 0.3 is 0 Å². The number of benzene rings is 1. The second-order valence-corrected chi connectivity index (χ2v) is 5.57. The number of anilines is 2. The van der Waals surface area contributed by atoms with Crippen molar-refractivity contribution in [1.29, 1.82) is 0 Å². The molecular formula is C13H10F2N4O2S. The zero-order chi connectivity index (χ0) is 15.7. The van der Waals surface area contributed by atoms with Crippen LogP contribution in [-0.2, 0) is 9.59 Å². The van der Waals surface area contributed by atoms with Crippen LogP contribution in [0.1, 0.15) is 6.42 Å². The van der Waals surface area contributed by atoms with E-state index in [1.807, 2.05) is 0 Å². The van der Waals surface area contributed by atoms with E-state index in [-0.39, 0.29) is 30.5 Å². The number of nitrogens with zero attached hydrogens (tertiary/aromatic N) is 3. The van der Waals surface area contributed by atoms with Crippen LogP contribution >= 0.6 is 11.3 Å². The summed E-state index contributed by atoms with van der Waals surface area (Å²) in [4.78, 5) is 25.2. The van der Waals surface area contributed by atoms with Gasteiger partial charge in [0.25, 0.3) is 0 Å². The van der Waals surface area contributed by atoms with Gasteiger partial charge in [0.1, 0.15) is 17.1 Å². The van der Waals surface area contributed by atoms with Gasteiger partial charge in [-0.25, -0.2) is 8.78 Å². The fourth-order valence-corrected chi connectivity index (χ4v) is 2.70. The Kier molecular flexibility index (Phi) is 3.80. The second-order valence-electron chi connectivity index (χ2n) is 4.73. The van der Waals surface area contributed by atoms with Crippen LogP contribution < -0.4 is 10.2 Å². The van der Waals surface area contributed by atoms with Gasteiger partial charge in [-0.05, 0) is 12.1 Å². The van der Waals surface area contributed by atoms with Crippen LogP contribution in [0.25, 0.3) is 0 Å². The quantitative estimate of drug-likeness (QED) is 0.934. The molecule has 1 unspecified atom stereocenters. The first kappa shape index (κ1) is 14.5. The van der Waals surface area contributed by atoms with E-state index >= 15 is 0 Å². The zero-order valence-corrected chi connectivity index (χ0v) is 11.9. The lowest BCUT2D eigenvalue weighted by Crippen LogP contribution is -2.28. The number of hydrogen-bond acceptors (Lipinski definition) is 5. The van der Waals surface area contributed by atoms with E-state index in [0.29, 0.717) is 11.2 Å². The molecule has 0 saturated carbocycles. The molecule has 9 heteroatoms. The van der Waals surface area contributed by atoms with Crippen LogP contribution in [0.15, 0.2) is 23.7 Å². The van der Waals surface area contributed by atoms with Crippen LogP contribution in [0, 0.1) is 17.6 Å². The summed E-state index contributed by atoms with van der Waals surface area (Å²) in [5, 5.41) is 10.2. The van der Waals surface area contributed by atoms with Gasteiger partial charge in [0.2, 0.25) is 16.9 Å².